The summed E-state index contributed by atoms with van der Waals surface area (Å²) in [5, 5.41) is 0.723. The van der Waals surface area contributed by atoms with E-state index in [4.69, 9.17) is 19.2 Å². The Morgan fingerprint density at radius 3 is 2.74 bits per heavy atom. The van der Waals surface area contributed by atoms with Crippen molar-refractivity contribution in [2.45, 2.75) is 25.9 Å². The number of amides is 1. The second-order valence-corrected chi connectivity index (χ2v) is 9.28. The molecule has 1 unspecified atom stereocenters. The molecule has 1 saturated heterocycles. The fourth-order valence-corrected chi connectivity index (χ4v) is 5.33. The van der Waals surface area contributed by atoms with Crippen LogP contribution in [0.5, 0.6) is 11.5 Å². The fraction of sp³-hybridized carbons (Fsp3) is 0.440. The Kier molecular flexibility index (Phi) is 8.26. The number of carbonyl (C=O) groups is 1. The fourth-order valence-electron chi connectivity index (χ4n) is 4.29. The SMILES string of the molecule is CCc1cccc2sc(N(CCCN3CCOCC3)C(=O)C3COc4ccccc4O3)nc12.Cl. The van der Waals surface area contributed by atoms with E-state index in [2.05, 4.69) is 30.0 Å². The minimum absolute atomic E-state index is 0. The van der Waals surface area contributed by atoms with Gasteiger partial charge in [-0.2, -0.15) is 0 Å². The van der Waals surface area contributed by atoms with Crippen LogP contribution in [-0.4, -0.2) is 67.9 Å². The van der Waals surface area contributed by atoms with Gasteiger partial charge in [0, 0.05) is 26.2 Å². The number of para-hydroxylation sites is 3. The quantitative estimate of drug-likeness (QED) is 0.482. The predicted octanol–water partition coefficient (Wildman–Crippen LogP) is 4.18. The first-order chi connectivity index (χ1) is 16.2. The number of rotatable bonds is 7. The van der Waals surface area contributed by atoms with Crippen LogP contribution < -0.4 is 14.4 Å². The minimum atomic E-state index is -0.694. The molecule has 34 heavy (non-hydrogen) atoms. The molecule has 7 nitrogen and oxygen atoms in total. The van der Waals surface area contributed by atoms with E-state index in [1.54, 1.807) is 16.2 Å². The highest BCUT2D eigenvalue weighted by Crippen LogP contribution is 2.34. The van der Waals surface area contributed by atoms with Crippen molar-refractivity contribution >= 4 is 45.0 Å². The number of aryl methyl sites for hydroxylation is 1. The topological polar surface area (TPSA) is 64.1 Å². The third-order valence-corrected chi connectivity index (χ3v) is 7.16. The Morgan fingerprint density at radius 1 is 1.15 bits per heavy atom. The summed E-state index contributed by atoms with van der Waals surface area (Å²) < 4.78 is 18.4. The molecular weight excluding hydrogens is 474 g/mol. The molecule has 3 aromatic rings. The molecule has 0 radical (unpaired) electrons. The van der Waals surface area contributed by atoms with E-state index in [9.17, 15) is 4.79 Å². The molecule has 2 aliphatic rings. The third kappa shape index (κ3) is 5.30. The predicted molar refractivity (Wildman–Crippen MR) is 137 cm³/mol. The molecule has 0 spiro atoms. The second-order valence-electron chi connectivity index (χ2n) is 8.28. The molecule has 9 heteroatoms. The van der Waals surface area contributed by atoms with Crippen molar-refractivity contribution in [1.82, 2.24) is 9.88 Å². The normalized spacial score (nSPS) is 17.9. The van der Waals surface area contributed by atoms with Gasteiger partial charge in [-0.1, -0.05) is 42.5 Å². The van der Waals surface area contributed by atoms with Gasteiger partial charge in [0.15, 0.2) is 16.6 Å². The molecule has 182 valence electrons. The number of hydrogen-bond acceptors (Lipinski definition) is 7. The zero-order valence-corrected chi connectivity index (χ0v) is 20.9. The average molecular weight is 504 g/mol. The number of ether oxygens (including phenoxy) is 3. The largest absolute Gasteiger partial charge is 0.485 e. The maximum atomic E-state index is 13.7. The van der Waals surface area contributed by atoms with Crippen molar-refractivity contribution in [3.05, 3.63) is 48.0 Å². The summed E-state index contributed by atoms with van der Waals surface area (Å²) in [4.78, 5) is 22.8. The number of nitrogens with zero attached hydrogens (tertiary/aromatic N) is 3. The zero-order valence-electron chi connectivity index (χ0n) is 19.3. The van der Waals surface area contributed by atoms with Crippen LogP contribution in [0.3, 0.4) is 0 Å². The molecule has 2 aliphatic heterocycles. The molecule has 1 atom stereocenters. The summed E-state index contributed by atoms with van der Waals surface area (Å²) in [5.41, 5.74) is 2.18. The van der Waals surface area contributed by atoms with E-state index in [1.807, 2.05) is 24.3 Å². The summed E-state index contributed by atoms with van der Waals surface area (Å²) in [5.74, 6) is 1.17. The molecule has 0 bridgehead atoms. The van der Waals surface area contributed by atoms with Gasteiger partial charge in [-0.05, 0) is 36.6 Å². The summed E-state index contributed by atoms with van der Waals surface area (Å²) in [6.07, 6.45) is 1.06. The van der Waals surface area contributed by atoms with Gasteiger partial charge in [-0.3, -0.25) is 14.6 Å². The van der Waals surface area contributed by atoms with Crippen molar-refractivity contribution in [3.8, 4) is 11.5 Å². The lowest BCUT2D eigenvalue weighted by Crippen LogP contribution is -2.47. The second kappa shape index (κ2) is 11.4. The van der Waals surface area contributed by atoms with Crippen molar-refractivity contribution in [2.24, 2.45) is 0 Å². The zero-order chi connectivity index (χ0) is 22.6. The molecule has 1 fully saturated rings. The minimum Gasteiger partial charge on any atom is -0.485 e. The summed E-state index contributed by atoms with van der Waals surface area (Å²) >= 11 is 1.56. The smallest absolute Gasteiger partial charge is 0.273 e. The van der Waals surface area contributed by atoms with Gasteiger partial charge in [0.25, 0.3) is 5.91 Å². The molecule has 0 N–H and O–H groups in total. The van der Waals surface area contributed by atoms with E-state index in [-0.39, 0.29) is 24.9 Å². The van der Waals surface area contributed by atoms with Crippen LogP contribution >= 0.6 is 23.7 Å². The maximum Gasteiger partial charge on any atom is 0.273 e. The summed E-state index contributed by atoms with van der Waals surface area (Å²) in [6.45, 7) is 7.24. The van der Waals surface area contributed by atoms with E-state index in [0.717, 1.165) is 61.0 Å². The highest BCUT2D eigenvalue weighted by Gasteiger charge is 2.33. The highest BCUT2D eigenvalue weighted by molar-refractivity contribution is 7.22. The Morgan fingerprint density at radius 2 is 1.94 bits per heavy atom. The molecule has 0 saturated carbocycles. The van der Waals surface area contributed by atoms with Crippen LogP contribution in [0, 0.1) is 0 Å². The number of fused-ring (bicyclic) bond motifs is 2. The maximum absolute atomic E-state index is 13.7. The van der Waals surface area contributed by atoms with Gasteiger partial charge >= 0.3 is 0 Å². The number of morpholine rings is 1. The van der Waals surface area contributed by atoms with Crippen LogP contribution in [0.4, 0.5) is 5.13 Å². The molecule has 1 aromatic heterocycles. The first-order valence-corrected chi connectivity index (χ1v) is 12.4. The van der Waals surface area contributed by atoms with Crippen molar-refractivity contribution in [2.75, 3.05) is 50.9 Å². The Bertz CT molecular complexity index is 1120. The van der Waals surface area contributed by atoms with Gasteiger partial charge in [0.2, 0.25) is 6.10 Å². The molecular formula is C25H30ClN3O4S. The van der Waals surface area contributed by atoms with Gasteiger partial charge in [0.1, 0.15) is 6.61 Å². The van der Waals surface area contributed by atoms with Gasteiger partial charge in [-0.15, -0.1) is 12.4 Å². The standard InChI is InChI=1S/C25H29N3O4S.ClH/c1-2-18-7-5-10-22-23(18)26-25(33-22)28(12-6-11-27-13-15-30-16-14-27)24(29)21-17-31-19-8-3-4-9-20(19)32-21;/h3-5,7-10,21H,2,6,11-17H2,1H3;1H. The number of benzene rings is 2. The van der Waals surface area contributed by atoms with Gasteiger partial charge < -0.3 is 14.2 Å². The lowest BCUT2D eigenvalue weighted by atomic mass is 10.1. The lowest BCUT2D eigenvalue weighted by Gasteiger charge is -2.31. The van der Waals surface area contributed by atoms with Crippen LogP contribution in [-0.2, 0) is 16.0 Å². The molecule has 0 aliphatic carbocycles. The first-order valence-electron chi connectivity index (χ1n) is 11.6. The average Bonchev–Trinajstić information content (AvgIpc) is 3.30. The van der Waals surface area contributed by atoms with Crippen molar-refractivity contribution in [1.29, 1.82) is 0 Å². The number of anilines is 1. The van der Waals surface area contributed by atoms with E-state index in [0.29, 0.717) is 18.0 Å². The van der Waals surface area contributed by atoms with E-state index in [1.165, 1.54) is 5.56 Å². The highest BCUT2D eigenvalue weighted by atomic mass is 35.5. The van der Waals surface area contributed by atoms with Gasteiger partial charge in [0.05, 0.1) is 23.4 Å². The van der Waals surface area contributed by atoms with Crippen LogP contribution in [0.1, 0.15) is 18.9 Å². The van der Waals surface area contributed by atoms with E-state index < -0.39 is 6.10 Å². The van der Waals surface area contributed by atoms with Crippen molar-refractivity contribution < 1.29 is 19.0 Å². The number of thiazole rings is 1. The molecule has 1 amide bonds. The first kappa shape index (κ1) is 24.7. The Balaban J connectivity index is 0.00000274. The van der Waals surface area contributed by atoms with E-state index >= 15 is 0 Å². The monoisotopic (exact) mass is 503 g/mol. The Hall–Kier alpha value is -2.39. The number of halogens is 1. The number of aromatic nitrogens is 1. The van der Waals surface area contributed by atoms with Gasteiger partial charge in [-0.25, -0.2) is 4.98 Å². The number of carbonyl (C=O) groups excluding carboxylic acids is 1. The van der Waals surface area contributed by atoms with Crippen molar-refractivity contribution in [3.63, 3.8) is 0 Å². The lowest BCUT2D eigenvalue weighted by molar-refractivity contribution is -0.127. The summed E-state index contributed by atoms with van der Waals surface area (Å²) in [7, 11) is 0. The van der Waals surface area contributed by atoms with Crippen LogP contribution in [0.2, 0.25) is 0 Å². The third-order valence-electron chi connectivity index (χ3n) is 6.11. The molecule has 3 heterocycles. The van der Waals surface area contributed by atoms with Crippen LogP contribution in [0.15, 0.2) is 42.5 Å². The molecule has 5 rings (SSSR count). The van der Waals surface area contributed by atoms with Crippen LogP contribution in [0.25, 0.3) is 10.2 Å². The summed E-state index contributed by atoms with van der Waals surface area (Å²) in [6, 6.07) is 13.7. The molecule has 2 aromatic carbocycles. The number of hydrogen-bond donors (Lipinski definition) is 0. The Labute approximate surface area is 210 Å².